The molecule has 0 amide bonds. The van der Waals surface area contributed by atoms with Gasteiger partial charge in [0.15, 0.2) is 0 Å². The first-order chi connectivity index (χ1) is 7.09. The summed E-state index contributed by atoms with van der Waals surface area (Å²) in [4.78, 5) is 13.8. The highest BCUT2D eigenvalue weighted by molar-refractivity contribution is 5.87. The summed E-state index contributed by atoms with van der Waals surface area (Å²) in [6.07, 6.45) is 0. The van der Waals surface area contributed by atoms with E-state index >= 15 is 0 Å². The summed E-state index contributed by atoms with van der Waals surface area (Å²) in [5.74, 6) is -0.624. The SMILES string of the molecule is Cc1ccc2ccc([N+](=O)[O-])c([O-])c2n1. The van der Waals surface area contributed by atoms with Gasteiger partial charge in [0.05, 0.1) is 10.4 Å². The van der Waals surface area contributed by atoms with E-state index in [1.54, 1.807) is 19.1 Å². The van der Waals surface area contributed by atoms with E-state index in [0.717, 1.165) is 0 Å². The van der Waals surface area contributed by atoms with Crippen LogP contribution < -0.4 is 5.11 Å². The van der Waals surface area contributed by atoms with Crippen molar-refractivity contribution in [3.8, 4) is 5.75 Å². The van der Waals surface area contributed by atoms with Crippen molar-refractivity contribution in [2.75, 3.05) is 0 Å². The second-order valence-corrected chi connectivity index (χ2v) is 3.20. The van der Waals surface area contributed by atoms with Gasteiger partial charge in [0.25, 0.3) is 5.69 Å². The molecule has 2 rings (SSSR count). The van der Waals surface area contributed by atoms with Gasteiger partial charge in [-0.1, -0.05) is 6.07 Å². The maximum Gasteiger partial charge on any atom is 0.263 e. The van der Waals surface area contributed by atoms with Gasteiger partial charge >= 0.3 is 0 Å². The van der Waals surface area contributed by atoms with E-state index in [1.165, 1.54) is 12.1 Å². The van der Waals surface area contributed by atoms with Crippen molar-refractivity contribution in [1.29, 1.82) is 0 Å². The molecule has 0 saturated carbocycles. The van der Waals surface area contributed by atoms with Crippen molar-refractivity contribution in [3.63, 3.8) is 0 Å². The van der Waals surface area contributed by atoms with Crippen LogP contribution >= 0.6 is 0 Å². The molecular weight excluding hydrogens is 196 g/mol. The van der Waals surface area contributed by atoms with Gasteiger partial charge in [0, 0.05) is 17.1 Å². The topological polar surface area (TPSA) is 79.1 Å². The summed E-state index contributed by atoms with van der Waals surface area (Å²) < 4.78 is 0. The Morgan fingerprint density at radius 3 is 2.60 bits per heavy atom. The lowest BCUT2D eigenvalue weighted by molar-refractivity contribution is -0.397. The first kappa shape index (κ1) is 9.39. The second kappa shape index (κ2) is 3.20. The Bertz CT molecular complexity index is 552. The van der Waals surface area contributed by atoms with Crippen LogP contribution in [0.5, 0.6) is 5.75 Å². The molecule has 2 aromatic rings. The zero-order valence-electron chi connectivity index (χ0n) is 7.93. The Balaban J connectivity index is 2.82. The van der Waals surface area contributed by atoms with Gasteiger partial charge in [-0.3, -0.25) is 15.1 Å². The summed E-state index contributed by atoms with van der Waals surface area (Å²) in [7, 11) is 0. The third-order valence-electron chi connectivity index (χ3n) is 2.13. The molecule has 1 aromatic carbocycles. The van der Waals surface area contributed by atoms with E-state index < -0.39 is 16.4 Å². The van der Waals surface area contributed by atoms with Gasteiger partial charge in [-0.2, -0.15) is 0 Å². The quantitative estimate of drug-likeness (QED) is 0.520. The number of benzene rings is 1. The monoisotopic (exact) mass is 203 g/mol. The van der Waals surface area contributed by atoms with Crippen molar-refractivity contribution in [2.45, 2.75) is 6.92 Å². The maximum absolute atomic E-state index is 11.6. The molecule has 1 heterocycles. The molecule has 5 nitrogen and oxygen atoms in total. The van der Waals surface area contributed by atoms with E-state index in [-0.39, 0.29) is 5.52 Å². The van der Waals surface area contributed by atoms with Gasteiger partial charge in [-0.25, -0.2) is 0 Å². The molecule has 0 fully saturated rings. The summed E-state index contributed by atoms with van der Waals surface area (Å²) in [5, 5.41) is 22.8. The Morgan fingerprint density at radius 1 is 1.27 bits per heavy atom. The molecule has 1 aromatic heterocycles. The summed E-state index contributed by atoms with van der Waals surface area (Å²) in [6.45, 7) is 1.73. The lowest BCUT2D eigenvalue weighted by atomic mass is 10.1. The van der Waals surface area contributed by atoms with Crippen molar-refractivity contribution >= 4 is 16.6 Å². The number of nitro benzene ring substituents is 1. The Hall–Kier alpha value is -2.17. The van der Waals surface area contributed by atoms with Gasteiger partial charge in [0.1, 0.15) is 0 Å². The molecule has 0 bridgehead atoms. The minimum Gasteiger partial charge on any atom is -0.866 e. The Morgan fingerprint density at radius 2 is 1.93 bits per heavy atom. The minimum atomic E-state index is -0.689. The molecular formula is C10H7N2O3-. The van der Waals surface area contributed by atoms with E-state index in [4.69, 9.17) is 0 Å². The molecule has 0 aliphatic heterocycles. The van der Waals surface area contributed by atoms with Crippen LogP contribution in [-0.2, 0) is 0 Å². The minimum absolute atomic E-state index is 0.157. The van der Waals surface area contributed by atoms with E-state index in [9.17, 15) is 15.2 Å². The molecule has 0 aliphatic rings. The van der Waals surface area contributed by atoms with Gasteiger partial charge in [-0.05, 0) is 24.8 Å². The van der Waals surface area contributed by atoms with Gasteiger partial charge < -0.3 is 5.11 Å². The molecule has 0 saturated heterocycles. The summed E-state index contributed by atoms with van der Waals surface area (Å²) in [6, 6.07) is 6.22. The third-order valence-corrected chi connectivity index (χ3v) is 2.13. The van der Waals surface area contributed by atoms with E-state index in [1.807, 2.05) is 0 Å². The van der Waals surface area contributed by atoms with Crippen molar-refractivity contribution in [2.24, 2.45) is 0 Å². The number of pyridine rings is 1. The predicted octanol–water partition coefficient (Wildman–Crippen LogP) is 1.53. The zero-order chi connectivity index (χ0) is 11.0. The van der Waals surface area contributed by atoms with E-state index in [0.29, 0.717) is 11.1 Å². The molecule has 0 unspecified atom stereocenters. The molecule has 5 heteroatoms. The molecule has 0 radical (unpaired) electrons. The largest absolute Gasteiger partial charge is 0.866 e. The van der Waals surface area contributed by atoms with Crippen LogP contribution in [0.1, 0.15) is 5.69 Å². The maximum atomic E-state index is 11.6. The smallest absolute Gasteiger partial charge is 0.263 e. The number of nitrogens with zero attached hydrogens (tertiary/aromatic N) is 2. The number of rotatable bonds is 1. The van der Waals surface area contributed by atoms with Crippen LogP contribution in [0, 0.1) is 17.0 Å². The van der Waals surface area contributed by atoms with Crippen molar-refractivity contribution < 1.29 is 10.0 Å². The van der Waals surface area contributed by atoms with Crippen molar-refractivity contribution in [1.82, 2.24) is 4.98 Å². The summed E-state index contributed by atoms with van der Waals surface area (Å²) >= 11 is 0. The van der Waals surface area contributed by atoms with Crippen LogP contribution in [0.4, 0.5) is 5.69 Å². The fourth-order valence-corrected chi connectivity index (χ4v) is 1.39. The molecule has 0 atom stereocenters. The predicted molar refractivity (Wildman–Crippen MR) is 52.6 cm³/mol. The van der Waals surface area contributed by atoms with Gasteiger partial charge in [0.2, 0.25) is 0 Å². The highest BCUT2D eigenvalue weighted by atomic mass is 16.6. The number of hydrogen-bond acceptors (Lipinski definition) is 4. The first-order valence-electron chi connectivity index (χ1n) is 4.31. The lowest BCUT2D eigenvalue weighted by Crippen LogP contribution is -2.00. The van der Waals surface area contributed by atoms with Gasteiger partial charge in [-0.15, -0.1) is 0 Å². The normalized spacial score (nSPS) is 10.5. The fraction of sp³-hybridized carbons (Fsp3) is 0.100. The van der Waals surface area contributed by atoms with Crippen molar-refractivity contribution in [3.05, 3.63) is 40.1 Å². The second-order valence-electron chi connectivity index (χ2n) is 3.20. The average Bonchev–Trinajstić information content (AvgIpc) is 2.19. The summed E-state index contributed by atoms with van der Waals surface area (Å²) in [5.41, 5.74) is 0.393. The highest BCUT2D eigenvalue weighted by Gasteiger charge is 2.09. The number of aromatic nitrogens is 1. The van der Waals surface area contributed by atoms with E-state index in [2.05, 4.69) is 4.98 Å². The fourth-order valence-electron chi connectivity index (χ4n) is 1.39. The first-order valence-corrected chi connectivity index (χ1v) is 4.31. The average molecular weight is 203 g/mol. The third kappa shape index (κ3) is 1.48. The lowest BCUT2D eigenvalue weighted by Gasteiger charge is -2.10. The standard InChI is InChI=1S/C10H8N2O3/c1-6-2-3-7-4-5-8(12(14)15)10(13)9(7)11-6/h2-5,13H,1H3/p-1. The van der Waals surface area contributed by atoms with Crippen LogP contribution in [0.15, 0.2) is 24.3 Å². The van der Waals surface area contributed by atoms with Crippen LogP contribution in [0.3, 0.4) is 0 Å². The number of hydrogen-bond donors (Lipinski definition) is 0. The van der Waals surface area contributed by atoms with Crippen LogP contribution in [0.25, 0.3) is 10.9 Å². The van der Waals surface area contributed by atoms with Crippen LogP contribution in [0.2, 0.25) is 0 Å². The molecule has 76 valence electrons. The molecule has 0 aliphatic carbocycles. The molecule has 0 spiro atoms. The zero-order valence-corrected chi connectivity index (χ0v) is 7.93. The van der Waals surface area contributed by atoms with Crippen LogP contribution in [-0.4, -0.2) is 9.91 Å². The molecule has 15 heavy (non-hydrogen) atoms. The Labute approximate surface area is 85.1 Å². The highest BCUT2D eigenvalue weighted by Crippen LogP contribution is 2.30. The number of fused-ring (bicyclic) bond motifs is 1. The number of aryl methyl sites for hydroxylation is 1. The molecule has 0 N–H and O–H groups in total. The Kier molecular flexibility index (Phi) is 2.00. The number of nitro groups is 1.